The number of halogens is 1. The van der Waals surface area contributed by atoms with Crippen molar-refractivity contribution in [3.8, 4) is 0 Å². The minimum atomic E-state index is -0.433. The third kappa shape index (κ3) is 3.02. The van der Waals surface area contributed by atoms with Crippen LogP contribution in [0.1, 0.15) is 6.42 Å². The number of nitrogens with one attached hydrogen (secondary N) is 2. The molecule has 0 aromatic heterocycles. The van der Waals surface area contributed by atoms with Gasteiger partial charge >= 0.3 is 0 Å². The van der Waals surface area contributed by atoms with Gasteiger partial charge in [-0.15, -0.1) is 0 Å². The first-order valence-corrected chi connectivity index (χ1v) is 7.01. The van der Waals surface area contributed by atoms with Crippen molar-refractivity contribution in [3.05, 3.63) is 27.8 Å². The number of carbonyl (C=O) groups excluding carboxylic acids is 1. The predicted octanol–water partition coefficient (Wildman–Crippen LogP) is 1.86. The van der Waals surface area contributed by atoms with Crippen LogP contribution in [0.3, 0.4) is 0 Å². The average Bonchev–Trinajstić information content (AvgIpc) is 2.82. The summed E-state index contributed by atoms with van der Waals surface area (Å²) in [5.41, 5.74) is 0.403. The monoisotopic (exact) mass is 360 g/mol. The molecule has 1 fully saturated rings. The van der Waals surface area contributed by atoms with Gasteiger partial charge in [0.15, 0.2) is 0 Å². The summed E-state index contributed by atoms with van der Waals surface area (Å²) >= 11 is 2.24. The molecule has 0 aliphatic carbocycles. The molecule has 1 aliphatic heterocycles. The quantitative estimate of drug-likeness (QED) is 0.806. The zero-order chi connectivity index (χ0) is 13.0. The van der Waals surface area contributed by atoms with Gasteiger partial charge in [0.05, 0.1) is 12.0 Å². The number of hydrogen-bond acceptors (Lipinski definition) is 3. The highest BCUT2D eigenvalue weighted by molar-refractivity contribution is 14.1. The van der Waals surface area contributed by atoms with E-state index in [1.807, 2.05) is 24.3 Å². The summed E-state index contributed by atoms with van der Waals surface area (Å²) in [6.07, 6.45) is 0.817. The summed E-state index contributed by atoms with van der Waals surface area (Å²) in [4.78, 5) is 12.4. The lowest BCUT2D eigenvalue weighted by molar-refractivity contribution is -0.127. The van der Waals surface area contributed by atoms with Gasteiger partial charge in [-0.05, 0) is 59.8 Å². The first-order valence-electron chi connectivity index (χ1n) is 5.93. The van der Waals surface area contributed by atoms with E-state index in [1.54, 1.807) is 7.11 Å². The van der Waals surface area contributed by atoms with Crippen LogP contribution in [0.5, 0.6) is 0 Å². The lowest BCUT2D eigenvalue weighted by atomic mass is 9.87. The van der Waals surface area contributed by atoms with Gasteiger partial charge in [-0.2, -0.15) is 0 Å². The first kappa shape index (κ1) is 13.8. The SMILES string of the molecule is COCC1(C(=O)Nc2ccc(I)cc2)CCNC1. The van der Waals surface area contributed by atoms with E-state index in [-0.39, 0.29) is 5.91 Å². The Morgan fingerprint density at radius 2 is 2.22 bits per heavy atom. The summed E-state index contributed by atoms with van der Waals surface area (Å²) in [7, 11) is 1.64. The van der Waals surface area contributed by atoms with E-state index in [0.717, 1.165) is 22.2 Å². The van der Waals surface area contributed by atoms with Crippen LogP contribution in [0.15, 0.2) is 24.3 Å². The topological polar surface area (TPSA) is 50.4 Å². The highest BCUT2D eigenvalue weighted by atomic mass is 127. The van der Waals surface area contributed by atoms with Crippen molar-refractivity contribution in [2.75, 3.05) is 32.1 Å². The molecule has 0 bridgehead atoms. The Labute approximate surface area is 121 Å². The summed E-state index contributed by atoms with van der Waals surface area (Å²) < 4.78 is 6.36. The van der Waals surface area contributed by atoms with Crippen LogP contribution in [-0.2, 0) is 9.53 Å². The van der Waals surface area contributed by atoms with E-state index < -0.39 is 5.41 Å². The second-order valence-corrected chi connectivity index (χ2v) is 5.85. The van der Waals surface area contributed by atoms with Gasteiger partial charge in [0.1, 0.15) is 0 Å². The summed E-state index contributed by atoms with van der Waals surface area (Å²) in [6.45, 7) is 2.00. The molecule has 0 saturated carbocycles. The molecule has 1 aromatic carbocycles. The van der Waals surface area contributed by atoms with Crippen molar-refractivity contribution in [1.82, 2.24) is 5.32 Å². The Bertz CT molecular complexity index is 414. The summed E-state index contributed by atoms with van der Waals surface area (Å²) in [5.74, 6) is 0.0376. The molecular weight excluding hydrogens is 343 g/mol. The number of carbonyl (C=O) groups is 1. The Hall–Kier alpha value is -0.660. The number of anilines is 1. The van der Waals surface area contributed by atoms with Crippen LogP contribution in [-0.4, -0.2) is 32.7 Å². The van der Waals surface area contributed by atoms with Gasteiger partial charge in [-0.25, -0.2) is 0 Å². The molecule has 2 N–H and O–H groups in total. The molecule has 1 amide bonds. The zero-order valence-electron chi connectivity index (χ0n) is 10.3. The normalized spacial score (nSPS) is 23.0. The van der Waals surface area contributed by atoms with Gasteiger partial charge in [-0.1, -0.05) is 0 Å². The van der Waals surface area contributed by atoms with E-state index in [9.17, 15) is 4.79 Å². The number of hydrogen-bond donors (Lipinski definition) is 2. The maximum absolute atomic E-state index is 12.4. The Morgan fingerprint density at radius 3 is 2.78 bits per heavy atom. The lowest BCUT2D eigenvalue weighted by Gasteiger charge is -2.25. The number of benzene rings is 1. The molecule has 18 heavy (non-hydrogen) atoms. The van der Waals surface area contributed by atoms with E-state index in [0.29, 0.717) is 13.2 Å². The summed E-state index contributed by atoms with van der Waals surface area (Å²) in [6, 6.07) is 7.79. The van der Waals surface area contributed by atoms with E-state index in [1.165, 1.54) is 0 Å². The fraction of sp³-hybridized carbons (Fsp3) is 0.462. The fourth-order valence-electron chi connectivity index (χ4n) is 2.20. The van der Waals surface area contributed by atoms with Crippen molar-refractivity contribution in [2.24, 2.45) is 5.41 Å². The Kier molecular flexibility index (Phi) is 4.58. The molecule has 1 unspecified atom stereocenters. The third-order valence-electron chi connectivity index (χ3n) is 3.25. The minimum absolute atomic E-state index is 0.0376. The predicted molar refractivity (Wildman–Crippen MR) is 79.6 cm³/mol. The maximum Gasteiger partial charge on any atom is 0.234 e. The summed E-state index contributed by atoms with van der Waals surface area (Å²) in [5, 5.41) is 6.21. The van der Waals surface area contributed by atoms with Crippen LogP contribution in [0.2, 0.25) is 0 Å². The Balaban J connectivity index is 2.07. The van der Waals surface area contributed by atoms with Crippen LogP contribution >= 0.6 is 22.6 Å². The molecule has 5 heteroatoms. The molecule has 1 heterocycles. The van der Waals surface area contributed by atoms with E-state index in [4.69, 9.17) is 4.74 Å². The van der Waals surface area contributed by atoms with Gasteiger partial charge < -0.3 is 15.4 Å². The van der Waals surface area contributed by atoms with Crippen molar-refractivity contribution in [1.29, 1.82) is 0 Å². The zero-order valence-corrected chi connectivity index (χ0v) is 12.5. The maximum atomic E-state index is 12.4. The Morgan fingerprint density at radius 1 is 1.50 bits per heavy atom. The van der Waals surface area contributed by atoms with Crippen LogP contribution in [0.4, 0.5) is 5.69 Å². The van der Waals surface area contributed by atoms with Crippen molar-refractivity contribution in [2.45, 2.75) is 6.42 Å². The molecular formula is C13H17IN2O2. The van der Waals surface area contributed by atoms with Crippen molar-refractivity contribution < 1.29 is 9.53 Å². The molecule has 1 saturated heterocycles. The average molecular weight is 360 g/mol. The second-order valence-electron chi connectivity index (χ2n) is 4.60. The van der Waals surface area contributed by atoms with Crippen molar-refractivity contribution in [3.63, 3.8) is 0 Å². The van der Waals surface area contributed by atoms with Crippen LogP contribution in [0, 0.1) is 8.99 Å². The van der Waals surface area contributed by atoms with Crippen LogP contribution in [0.25, 0.3) is 0 Å². The number of rotatable bonds is 4. The highest BCUT2D eigenvalue weighted by Crippen LogP contribution is 2.27. The minimum Gasteiger partial charge on any atom is -0.384 e. The molecule has 1 aliphatic rings. The molecule has 1 aromatic rings. The fourth-order valence-corrected chi connectivity index (χ4v) is 2.56. The molecule has 4 nitrogen and oxygen atoms in total. The second kappa shape index (κ2) is 5.99. The van der Waals surface area contributed by atoms with Gasteiger partial charge in [0, 0.05) is 22.9 Å². The lowest BCUT2D eigenvalue weighted by Crippen LogP contribution is -2.41. The molecule has 0 spiro atoms. The van der Waals surface area contributed by atoms with E-state index >= 15 is 0 Å². The van der Waals surface area contributed by atoms with Crippen molar-refractivity contribution >= 4 is 34.2 Å². The standard InChI is InChI=1S/C13H17IN2O2/c1-18-9-13(6-7-15-8-13)12(17)16-11-4-2-10(14)3-5-11/h2-5,15H,6-9H2,1H3,(H,16,17). The molecule has 98 valence electrons. The molecule has 2 rings (SSSR count). The molecule has 1 atom stereocenters. The van der Waals surface area contributed by atoms with Gasteiger partial charge in [0.25, 0.3) is 0 Å². The largest absolute Gasteiger partial charge is 0.384 e. The third-order valence-corrected chi connectivity index (χ3v) is 3.97. The van der Waals surface area contributed by atoms with Crippen LogP contribution < -0.4 is 10.6 Å². The van der Waals surface area contributed by atoms with Gasteiger partial charge in [-0.3, -0.25) is 4.79 Å². The number of amides is 1. The number of ether oxygens (including phenoxy) is 1. The highest BCUT2D eigenvalue weighted by Gasteiger charge is 2.41. The van der Waals surface area contributed by atoms with Gasteiger partial charge in [0.2, 0.25) is 5.91 Å². The first-order chi connectivity index (χ1) is 8.66. The smallest absolute Gasteiger partial charge is 0.234 e. The molecule has 0 radical (unpaired) electrons. The van der Waals surface area contributed by atoms with E-state index in [2.05, 4.69) is 33.2 Å². The number of methoxy groups -OCH3 is 1.